The molecule has 1 N–H and O–H groups in total. The van der Waals surface area contributed by atoms with Crippen molar-refractivity contribution in [3.05, 3.63) is 45.2 Å². The fourth-order valence-electron chi connectivity index (χ4n) is 4.42. The van der Waals surface area contributed by atoms with Gasteiger partial charge in [-0.3, -0.25) is 9.69 Å². The van der Waals surface area contributed by atoms with E-state index >= 15 is 0 Å². The molecule has 138 valence electrons. The smallest absolute Gasteiger partial charge is 0.410 e. The van der Waals surface area contributed by atoms with Crippen molar-refractivity contribution in [3.63, 3.8) is 0 Å². The number of aryl methyl sites for hydroxylation is 2. The van der Waals surface area contributed by atoms with E-state index in [4.69, 9.17) is 4.74 Å². The minimum atomic E-state index is -0.408. The predicted octanol–water partition coefficient (Wildman–Crippen LogP) is 2.56. The number of aromatic amines is 1. The summed E-state index contributed by atoms with van der Waals surface area (Å²) < 4.78 is 5.67. The second kappa shape index (κ2) is 6.13. The summed E-state index contributed by atoms with van der Waals surface area (Å²) in [6.07, 6.45) is 1.64. The maximum Gasteiger partial charge on any atom is 0.410 e. The van der Waals surface area contributed by atoms with Crippen molar-refractivity contribution in [2.75, 3.05) is 26.7 Å². The number of likely N-dealkylation sites (N-methyl/N-ethyl adjacent to an activating group) is 1. The minimum Gasteiger partial charge on any atom is -0.440 e. The number of likely N-dealkylation sites (tertiary alicyclic amines) is 1. The van der Waals surface area contributed by atoms with E-state index in [2.05, 4.69) is 16.0 Å². The predicted molar refractivity (Wildman–Crippen MR) is 100 cm³/mol. The van der Waals surface area contributed by atoms with Crippen LogP contribution in [0.25, 0.3) is 10.9 Å². The Labute approximate surface area is 152 Å². The van der Waals surface area contributed by atoms with Crippen LogP contribution in [0.5, 0.6) is 0 Å². The molecule has 1 amide bonds. The number of piperidine rings is 1. The van der Waals surface area contributed by atoms with Gasteiger partial charge in [0.15, 0.2) is 5.43 Å². The van der Waals surface area contributed by atoms with Crippen LogP contribution < -0.4 is 5.43 Å². The quantitative estimate of drug-likeness (QED) is 0.899. The molecule has 6 heteroatoms. The Kier molecular flexibility index (Phi) is 4.03. The van der Waals surface area contributed by atoms with Crippen LogP contribution in [0, 0.1) is 13.8 Å². The van der Waals surface area contributed by atoms with Gasteiger partial charge in [-0.15, -0.1) is 0 Å². The lowest BCUT2D eigenvalue weighted by Crippen LogP contribution is -2.50. The van der Waals surface area contributed by atoms with Crippen LogP contribution in [0.1, 0.15) is 29.7 Å². The molecule has 0 bridgehead atoms. The lowest BCUT2D eigenvalue weighted by atomic mass is 9.92. The topological polar surface area (TPSA) is 65.6 Å². The molecular weight excluding hydrogens is 330 g/mol. The third-order valence-corrected chi connectivity index (χ3v) is 5.49. The van der Waals surface area contributed by atoms with Crippen molar-refractivity contribution >= 4 is 17.0 Å². The Morgan fingerprint density at radius 2 is 2.00 bits per heavy atom. The number of fused-ring (bicyclic) bond motifs is 1. The van der Waals surface area contributed by atoms with Crippen molar-refractivity contribution in [1.29, 1.82) is 0 Å². The average molecular weight is 355 g/mol. The Morgan fingerprint density at radius 3 is 2.73 bits per heavy atom. The molecule has 0 unspecified atom stereocenters. The second-order valence-electron chi connectivity index (χ2n) is 7.88. The number of benzene rings is 1. The molecule has 0 aliphatic carbocycles. The highest BCUT2D eigenvalue weighted by atomic mass is 16.6. The van der Waals surface area contributed by atoms with Crippen molar-refractivity contribution in [2.45, 2.75) is 38.8 Å². The number of H-pyrrole nitrogens is 1. The normalized spacial score (nSPS) is 23.8. The second-order valence-corrected chi connectivity index (χ2v) is 7.88. The third kappa shape index (κ3) is 2.98. The molecule has 1 aromatic heterocycles. The van der Waals surface area contributed by atoms with Crippen LogP contribution in [0.3, 0.4) is 0 Å². The summed E-state index contributed by atoms with van der Waals surface area (Å²) in [6, 6.07) is 5.73. The number of pyridine rings is 1. The Morgan fingerprint density at radius 1 is 1.19 bits per heavy atom. The molecular formula is C20H25N3O3. The summed E-state index contributed by atoms with van der Waals surface area (Å²) in [7, 11) is 1.78. The standard InChI is InChI=1S/C20H25N3O3/c1-13-7-14(2)18-16(8-13)17(24)9-15(21-18)10-23-6-4-5-20(12-23)11-22(3)19(25)26-20/h7-9H,4-6,10-12H2,1-3H3,(H,21,24)/t20-/m0/s1. The highest BCUT2D eigenvalue weighted by Gasteiger charge is 2.46. The number of hydrogen-bond acceptors (Lipinski definition) is 4. The molecule has 2 fully saturated rings. The first-order valence-corrected chi connectivity index (χ1v) is 9.15. The van der Waals surface area contributed by atoms with Gasteiger partial charge in [-0.2, -0.15) is 0 Å². The molecule has 4 rings (SSSR count). The van der Waals surface area contributed by atoms with Crippen LogP contribution >= 0.6 is 0 Å². The van der Waals surface area contributed by atoms with E-state index < -0.39 is 5.60 Å². The molecule has 2 saturated heterocycles. The SMILES string of the molecule is Cc1cc(C)c2[nH]c(CN3CCC[C@@]4(C3)CN(C)C(=O)O4)cc(=O)c2c1. The Hall–Kier alpha value is -2.34. The van der Waals surface area contributed by atoms with Gasteiger partial charge in [0.05, 0.1) is 12.1 Å². The molecule has 1 aromatic carbocycles. The molecule has 1 atom stereocenters. The molecule has 0 saturated carbocycles. The first kappa shape index (κ1) is 17.1. The van der Waals surface area contributed by atoms with E-state index in [0.29, 0.717) is 19.6 Å². The molecule has 26 heavy (non-hydrogen) atoms. The lowest BCUT2D eigenvalue weighted by Gasteiger charge is -2.38. The molecule has 2 aromatic rings. The number of carbonyl (C=O) groups is 1. The lowest BCUT2D eigenvalue weighted by molar-refractivity contribution is -0.0116. The summed E-state index contributed by atoms with van der Waals surface area (Å²) in [5, 5.41) is 0.743. The van der Waals surface area contributed by atoms with Gasteiger partial charge in [-0.05, 0) is 50.4 Å². The number of ether oxygens (including phenoxy) is 1. The fraction of sp³-hybridized carbons (Fsp3) is 0.500. The van der Waals surface area contributed by atoms with E-state index in [9.17, 15) is 9.59 Å². The number of hydrogen-bond donors (Lipinski definition) is 1. The summed E-state index contributed by atoms with van der Waals surface area (Å²) in [5.41, 5.74) is 3.65. The van der Waals surface area contributed by atoms with Crippen LogP contribution in [0.4, 0.5) is 4.79 Å². The number of aromatic nitrogens is 1. The van der Waals surface area contributed by atoms with Crippen molar-refractivity contribution in [1.82, 2.24) is 14.8 Å². The maximum atomic E-state index is 12.6. The fourth-order valence-corrected chi connectivity index (χ4v) is 4.42. The van der Waals surface area contributed by atoms with Gasteiger partial charge in [0.2, 0.25) is 0 Å². The highest BCUT2D eigenvalue weighted by Crippen LogP contribution is 2.31. The molecule has 2 aliphatic rings. The van der Waals surface area contributed by atoms with Gasteiger partial charge in [-0.25, -0.2) is 4.79 Å². The van der Waals surface area contributed by atoms with E-state index in [1.54, 1.807) is 18.0 Å². The van der Waals surface area contributed by atoms with Gasteiger partial charge >= 0.3 is 6.09 Å². The minimum absolute atomic E-state index is 0.0549. The number of amides is 1. The highest BCUT2D eigenvalue weighted by molar-refractivity contribution is 5.82. The average Bonchev–Trinajstić information content (AvgIpc) is 2.82. The molecule has 2 aliphatic heterocycles. The first-order chi connectivity index (χ1) is 12.3. The van der Waals surface area contributed by atoms with Crippen LogP contribution in [-0.2, 0) is 11.3 Å². The summed E-state index contributed by atoms with van der Waals surface area (Å²) in [5.74, 6) is 0. The van der Waals surface area contributed by atoms with Crippen LogP contribution in [-0.4, -0.2) is 53.2 Å². The van der Waals surface area contributed by atoms with Crippen LogP contribution in [0.2, 0.25) is 0 Å². The van der Waals surface area contributed by atoms with Gasteiger partial charge in [0.1, 0.15) is 5.60 Å². The molecule has 3 heterocycles. The summed E-state index contributed by atoms with van der Waals surface area (Å²) >= 11 is 0. The summed E-state index contributed by atoms with van der Waals surface area (Å²) in [4.78, 5) is 31.7. The van der Waals surface area contributed by atoms with Crippen molar-refractivity contribution < 1.29 is 9.53 Å². The monoisotopic (exact) mass is 355 g/mol. The third-order valence-electron chi connectivity index (χ3n) is 5.49. The van der Waals surface area contributed by atoms with E-state index in [-0.39, 0.29) is 11.5 Å². The van der Waals surface area contributed by atoms with Gasteiger partial charge in [-0.1, -0.05) is 6.07 Å². The number of carbonyl (C=O) groups excluding carboxylic acids is 1. The molecule has 6 nitrogen and oxygen atoms in total. The van der Waals surface area contributed by atoms with Gasteiger partial charge in [0.25, 0.3) is 0 Å². The maximum absolute atomic E-state index is 12.6. The van der Waals surface area contributed by atoms with E-state index in [0.717, 1.165) is 47.1 Å². The van der Waals surface area contributed by atoms with E-state index in [1.165, 1.54) is 0 Å². The number of nitrogens with one attached hydrogen (secondary N) is 1. The van der Waals surface area contributed by atoms with Crippen molar-refractivity contribution in [2.24, 2.45) is 0 Å². The number of rotatable bonds is 2. The van der Waals surface area contributed by atoms with Crippen molar-refractivity contribution in [3.8, 4) is 0 Å². The van der Waals surface area contributed by atoms with Gasteiger partial charge < -0.3 is 14.6 Å². The Balaban J connectivity index is 1.59. The zero-order valence-electron chi connectivity index (χ0n) is 15.6. The zero-order valence-corrected chi connectivity index (χ0v) is 15.6. The number of nitrogens with zero attached hydrogens (tertiary/aromatic N) is 2. The Bertz CT molecular complexity index is 936. The van der Waals surface area contributed by atoms with E-state index in [1.807, 2.05) is 19.9 Å². The van der Waals surface area contributed by atoms with Gasteiger partial charge in [0, 0.05) is 37.3 Å². The first-order valence-electron chi connectivity index (χ1n) is 9.15. The molecule has 1 spiro atoms. The largest absolute Gasteiger partial charge is 0.440 e. The van der Waals surface area contributed by atoms with Crippen LogP contribution in [0.15, 0.2) is 23.0 Å². The zero-order chi connectivity index (χ0) is 18.5. The molecule has 0 radical (unpaired) electrons. The summed E-state index contributed by atoms with van der Waals surface area (Å²) in [6.45, 7) is 6.97.